The number of allylic oxidation sites excluding steroid dienone is 1. The summed E-state index contributed by atoms with van der Waals surface area (Å²) in [6.07, 6.45) is 11.6. The van der Waals surface area contributed by atoms with E-state index in [2.05, 4.69) is 6.58 Å². The van der Waals surface area contributed by atoms with E-state index in [1.54, 1.807) is 0 Å². The Bertz CT molecular complexity index is 560. The van der Waals surface area contributed by atoms with Crippen molar-refractivity contribution in [3.05, 3.63) is 42.0 Å². The molecule has 24 heavy (non-hydrogen) atoms. The molecule has 0 radical (unpaired) electrons. The maximum Gasteiger partial charge on any atom is 0.190 e. The van der Waals surface area contributed by atoms with Gasteiger partial charge >= 0.3 is 0 Å². The normalized spacial score (nSPS) is 29.8. The van der Waals surface area contributed by atoms with Gasteiger partial charge in [-0.3, -0.25) is 0 Å². The molecule has 0 bridgehead atoms. The van der Waals surface area contributed by atoms with Crippen molar-refractivity contribution in [3.63, 3.8) is 0 Å². The molecule has 0 aromatic heterocycles. The molecule has 4 atom stereocenters. The van der Waals surface area contributed by atoms with E-state index in [0.717, 1.165) is 42.6 Å². The summed E-state index contributed by atoms with van der Waals surface area (Å²) in [4.78, 5) is 0. The molecule has 2 aliphatic carbocycles. The fourth-order valence-electron chi connectivity index (χ4n) is 4.92. The zero-order valence-electron chi connectivity index (χ0n) is 14.6. The first-order valence-corrected chi connectivity index (χ1v) is 9.26. The van der Waals surface area contributed by atoms with Crippen LogP contribution >= 0.6 is 0 Å². The number of benzene rings is 1. The minimum atomic E-state index is -0.581. The molecule has 0 heterocycles. The topological polar surface area (TPSA) is 9.23 Å². The van der Waals surface area contributed by atoms with E-state index in [0.29, 0.717) is 0 Å². The third-order valence-electron chi connectivity index (χ3n) is 6.20. The van der Waals surface area contributed by atoms with Gasteiger partial charge in [-0.2, -0.15) is 0 Å². The molecular weight excluding hydrogens is 306 g/mol. The van der Waals surface area contributed by atoms with Crippen LogP contribution in [0, 0.1) is 29.4 Å². The van der Waals surface area contributed by atoms with E-state index in [1.807, 2.05) is 6.08 Å². The van der Waals surface area contributed by atoms with E-state index >= 15 is 0 Å². The van der Waals surface area contributed by atoms with Crippen molar-refractivity contribution in [2.24, 2.45) is 17.8 Å². The van der Waals surface area contributed by atoms with Crippen LogP contribution < -0.4 is 4.74 Å². The second-order valence-electron chi connectivity index (χ2n) is 7.59. The number of methoxy groups -OCH3 is 1. The maximum absolute atomic E-state index is 14.0. The molecule has 3 rings (SSSR count). The lowest BCUT2D eigenvalue weighted by molar-refractivity contribution is 0.114. The van der Waals surface area contributed by atoms with Gasteiger partial charge in [-0.05, 0) is 86.3 Å². The highest BCUT2D eigenvalue weighted by molar-refractivity contribution is 5.33. The lowest BCUT2D eigenvalue weighted by Crippen LogP contribution is -2.30. The smallest absolute Gasteiger partial charge is 0.190 e. The van der Waals surface area contributed by atoms with Crippen molar-refractivity contribution in [2.75, 3.05) is 7.11 Å². The number of fused-ring (bicyclic) bond motifs is 1. The van der Waals surface area contributed by atoms with Gasteiger partial charge in [0.25, 0.3) is 0 Å². The fraction of sp³-hybridized carbons (Fsp3) is 0.619. The highest BCUT2D eigenvalue weighted by Gasteiger charge is 2.36. The summed E-state index contributed by atoms with van der Waals surface area (Å²) in [7, 11) is 1.30. The van der Waals surface area contributed by atoms with Gasteiger partial charge in [0, 0.05) is 0 Å². The monoisotopic (exact) mass is 334 g/mol. The molecule has 0 amide bonds. The zero-order chi connectivity index (χ0) is 17.1. The Morgan fingerprint density at radius 1 is 1.08 bits per heavy atom. The Hall–Kier alpha value is -1.38. The second kappa shape index (κ2) is 7.67. The largest absolute Gasteiger partial charge is 0.491 e. The molecule has 1 unspecified atom stereocenters. The van der Waals surface area contributed by atoms with Gasteiger partial charge < -0.3 is 4.74 Å². The van der Waals surface area contributed by atoms with Crippen molar-refractivity contribution >= 4 is 0 Å². The number of hydrogen-bond donors (Lipinski definition) is 0. The molecule has 3 heteroatoms. The summed E-state index contributed by atoms with van der Waals surface area (Å²) in [6.45, 7) is 3.83. The van der Waals surface area contributed by atoms with Crippen LogP contribution in [0.3, 0.4) is 0 Å². The van der Waals surface area contributed by atoms with Crippen molar-refractivity contribution in [3.8, 4) is 5.75 Å². The van der Waals surface area contributed by atoms with Crippen LogP contribution in [0.4, 0.5) is 8.78 Å². The van der Waals surface area contributed by atoms with E-state index < -0.39 is 11.6 Å². The molecule has 2 aliphatic rings. The van der Waals surface area contributed by atoms with Crippen molar-refractivity contribution in [1.29, 1.82) is 0 Å². The molecule has 0 saturated heterocycles. The number of rotatable bonds is 5. The molecule has 2 saturated carbocycles. The SMILES string of the molecule is C=CCC[C@@H]1CC[C@@H]2CC(c3cc(F)c(OC)c(F)c3)CC[C@@H]2C1. The molecule has 0 aliphatic heterocycles. The average Bonchev–Trinajstić information content (AvgIpc) is 2.59. The van der Waals surface area contributed by atoms with Crippen LogP contribution in [0.15, 0.2) is 24.8 Å². The first-order valence-electron chi connectivity index (χ1n) is 9.26. The highest BCUT2D eigenvalue weighted by atomic mass is 19.1. The van der Waals surface area contributed by atoms with Crippen LogP contribution in [0.25, 0.3) is 0 Å². The van der Waals surface area contributed by atoms with Crippen LogP contribution in [0.2, 0.25) is 0 Å². The number of halogens is 2. The first-order chi connectivity index (χ1) is 11.6. The summed E-state index contributed by atoms with van der Waals surface area (Å²) in [5.41, 5.74) is 0.804. The Balaban J connectivity index is 1.65. The van der Waals surface area contributed by atoms with Gasteiger partial charge in [-0.25, -0.2) is 8.78 Å². The first kappa shape index (κ1) is 17.4. The van der Waals surface area contributed by atoms with Gasteiger partial charge in [-0.15, -0.1) is 6.58 Å². The van der Waals surface area contributed by atoms with Crippen LogP contribution in [0.1, 0.15) is 62.8 Å². The van der Waals surface area contributed by atoms with Gasteiger partial charge in [0.1, 0.15) is 0 Å². The quantitative estimate of drug-likeness (QED) is 0.579. The summed E-state index contributed by atoms with van der Waals surface area (Å²) in [5, 5.41) is 0. The highest BCUT2D eigenvalue weighted by Crippen LogP contribution is 2.48. The summed E-state index contributed by atoms with van der Waals surface area (Å²) < 4.78 is 32.8. The minimum Gasteiger partial charge on any atom is -0.491 e. The zero-order valence-corrected chi connectivity index (χ0v) is 14.6. The summed E-state index contributed by atoms with van der Waals surface area (Å²) in [5.74, 6) is 1.22. The Labute approximate surface area is 144 Å². The number of hydrogen-bond acceptors (Lipinski definition) is 1. The second-order valence-corrected chi connectivity index (χ2v) is 7.59. The molecule has 132 valence electrons. The Morgan fingerprint density at radius 2 is 1.75 bits per heavy atom. The maximum atomic E-state index is 14.0. The molecule has 2 fully saturated rings. The van der Waals surface area contributed by atoms with Crippen molar-refractivity contribution < 1.29 is 13.5 Å². The third-order valence-corrected chi connectivity index (χ3v) is 6.20. The molecule has 1 nitrogen and oxygen atoms in total. The summed E-state index contributed by atoms with van der Waals surface area (Å²) in [6, 6.07) is 2.95. The van der Waals surface area contributed by atoms with Crippen molar-refractivity contribution in [1.82, 2.24) is 0 Å². The molecule has 0 N–H and O–H groups in total. The van der Waals surface area contributed by atoms with Gasteiger partial charge in [0.05, 0.1) is 7.11 Å². The van der Waals surface area contributed by atoms with E-state index in [9.17, 15) is 8.78 Å². The molecule has 0 spiro atoms. The lowest BCUT2D eigenvalue weighted by atomic mass is 9.63. The predicted molar refractivity (Wildman–Crippen MR) is 93.3 cm³/mol. The van der Waals surface area contributed by atoms with E-state index in [1.165, 1.54) is 51.3 Å². The van der Waals surface area contributed by atoms with Gasteiger partial charge in [0.2, 0.25) is 0 Å². The predicted octanol–water partition coefficient (Wildman–Crippen LogP) is 6.24. The Kier molecular flexibility index (Phi) is 5.57. The van der Waals surface area contributed by atoms with E-state index in [4.69, 9.17) is 4.74 Å². The lowest BCUT2D eigenvalue weighted by Gasteiger charge is -2.42. The molecule has 1 aromatic rings. The van der Waals surface area contributed by atoms with Crippen LogP contribution in [-0.4, -0.2) is 7.11 Å². The van der Waals surface area contributed by atoms with Gasteiger partial charge in [-0.1, -0.05) is 12.5 Å². The fourth-order valence-corrected chi connectivity index (χ4v) is 4.92. The minimum absolute atomic E-state index is 0.268. The van der Waals surface area contributed by atoms with Gasteiger partial charge in [0.15, 0.2) is 17.4 Å². The average molecular weight is 334 g/mol. The third kappa shape index (κ3) is 3.65. The molecule has 1 aromatic carbocycles. The summed E-state index contributed by atoms with van der Waals surface area (Å²) >= 11 is 0. The van der Waals surface area contributed by atoms with Crippen LogP contribution in [-0.2, 0) is 0 Å². The number of ether oxygens (including phenoxy) is 1. The van der Waals surface area contributed by atoms with E-state index in [-0.39, 0.29) is 11.7 Å². The molecular formula is C21H28F2O. The van der Waals surface area contributed by atoms with Crippen molar-refractivity contribution in [2.45, 2.75) is 57.3 Å². The van der Waals surface area contributed by atoms with Crippen LogP contribution in [0.5, 0.6) is 5.75 Å². The standard InChI is InChI=1S/C21H28F2O/c1-3-4-5-14-6-7-16-11-17(9-8-15(16)10-14)18-12-19(22)21(24-2)20(23)13-18/h3,12-17H,1,4-11H2,2H3/t14-,15-,16-,17?/m1/s1. The Morgan fingerprint density at radius 3 is 2.42 bits per heavy atom.